The van der Waals surface area contributed by atoms with Gasteiger partial charge in [-0.2, -0.15) is 0 Å². The molecule has 0 bridgehead atoms. The van der Waals surface area contributed by atoms with Crippen LogP contribution in [0.4, 0.5) is 0 Å². The minimum absolute atomic E-state index is 0.0223. The number of Topliss-reactive ketones (excluding diaryl/α,β-unsaturated/α-hetero) is 2. The number of rotatable bonds is 1. The minimum atomic E-state index is -1.29. The third-order valence-corrected chi connectivity index (χ3v) is 9.15. The smallest absolute Gasteiger partial charge is 0.161 e. The van der Waals surface area contributed by atoms with Crippen molar-refractivity contribution in [3.05, 3.63) is 0 Å². The highest BCUT2D eigenvalue weighted by Gasteiger charge is 2.68. The second kappa shape index (κ2) is 5.39. The SMILES string of the molecule is CC(=O)[C@@]1(O)CC[C@H]2[C@@H]3CCC4CC(=O)CC[C@]4(C)[C@H]3C(O)C[C@@]21C. The summed E-state index contributed by atoms with van der Waals surface area (Å²) in [5, 5.41) is 22.4. The van der Waals surface area contributed by atoms with Crippen molar-refractivity contribution < 1.29 is 19.8 Å². The number of hydrogen-bond donors (Lipinski definition) is 2. The van der Waals surface area contributed by atoms with Gasteiger partial charge in [0, 0.05) is 18.3 Å². The second-order valence-corrected chi connectivity index (χ2v) is 9.96. The zero-order valence-electron chi connectivity index (χ0n) is 15.8. The Hall–Kier alpha value is -0.740. The molecule has 4 aliphatic rings. The molecule has 0 saturated heterocycles. The lowest BCUT2D eigenvalue weighted by Gasteiger charge is -2.62. The minimum Gasteiger partial charge on any atom is -0.393 e. The summed E-state index contributed by atoms with van der Waals surface area (Å²) < 4.78 is 0. The monoisotopic (exact) mass is 348 g/mol. The van der Waals surface area contributed by atoms with Crippen molar-refractivity contribution in [3.63, 3.8) is 0 Å². The molecule has 4 nitrogen and oxygen atoms in total. The van der Waals surface area contributed by atoms with E-state index < -0.39 is 17.1 Å². The topological polar surface area (TPSA) is 74.6 Å². The highest BCUT2D eigenvalue weighted by Crippen LogP contribution is 2.68. The molecule has 4 saturated carbocycles. The Bertz CT molecular complexity index is 615. The Labute approximate surface area is 150 Å². The van der Waals surface area contributed by atoms with Crippen LogP contribution in [0.25, 0.3) is 0 Å². The lowest BCUT2D eigenvalue weighted by atomic mass is 9.43. The molecule has 0 amide bonds. The molecule has 4 fully saturated rings. The molecule has 0 heterocycles. The maximum atomic E-state index is 12.3. The summed E-state index contributed by atoms with van der Waals surface area (Å²) in [6.07, 6.45) is 5.67. The molecule has 0 aromatic heterocycles. The molecular formula is C21H32O4. The van der Waals surface area contributed by atoms with Crippen molar-refractivity contribution in [3.8, 4) is 0 Å². The average molecular weight is 348 g/mol. The summed E-state index contributed by atoms with van der Waals surface area (Å²) in [7, 11) is 0. The number of carbonyl (C=O) groups is 2. The second-order valence-electron chi connectivity index (χ2n) is 9.96. The predicted molar refractivity (Wildman–Crippen MR) is 93.8 cm³/mol. The Morgan fingerprint density at radius 2 is 1.88 bits per heavy atom. The molecular weight excluding hydrogens is 316 g/mol. The number of carbonyl (C=O) groups excluding carboxylic acids is 2. The molecule has 0 aliphatic heterocycles. The van der Waals surface area contributed by atoms with E-state index in [4.69, 9.17) is 0 Å². The van der Waals surface area contributed by atoms with Crippen molar-refractivity contribution in [2.45, 2.75) is 83.8 Å². The van der Waals surface area contributed by atoms with Crippen LogP contribution in [0, 0.1) is 34.5 Å². The molecule has 2 unspecified atom stereocenters. The van der Waals surface area contributed by atoms with Crippen molar-refractivity contribution in [2.24, 2.45) is 34.5 Å². The molecule has 2 N–H and O–H groups in total. The quantitative estimate of drug-likeness (QED) is 0.764. The summed E-state index contributed by atoms with van der Waals surface area (Å²) in [4.78, 5) is 24.2. The zero-order chi connectivity index (χ0) is 18.2. The molecule has 4 heteroatoms. The van der Waals surface area contributed by atoms with E-state index in [1.54, 1.807) is 0 Å². The molecule has 0 spiro atoms. The van der Waals surface area contributed by atoms with Crippen LogP contribution in [0.15, 0.2) is 0 Å². The van der Waals surface area contributed by atoms with Gasteiger partial charge in [0.2, 0.25) is 0 Å². The number of aliphatic hydroxyl groups excluding tert-OH is 1. The first-order valence-corrected chi connectivity index (χ1v) is 10.1. The van der Waals surface area contributed by atoms with Gasteiger partial charge in [0.15, 0.2) is 5.78 Å². The normalized spacial score (nSPS) is 55.2. The van der Waals surface area contributed by atoms with Gasteiger partial charge in [-0.1, -0.05) is 13.8 Å². The van der Waals surface area contributed by atoms with E-state index in [-0.39, 0.29) is 17.1 Å². The van der Waals surface area contributed by atoms with Gasteiger partial charge < -0.3 is 10.2 Å². The number of aliphatic hydroxyl groups is 2. The molecule has 0 aromatic carbocycles. The molecule has 4 aliphatic carbocycles. The van der Waals surface area contributed by atoms with Gasteiger partial charge in [-0.3, -0.25) is 9.59 Å². The maximum Gasteiger partial charge on any atom is 0.161 e. The summed E-state index contributed by atoms with van der Waals surface area (Å²) in [6.45, 7) is 5.82. The molecule has 0 radical (unpaired) electrons. The van der Waals surface area contributed by atoms with E-state index in [0.717, 1.165) is 25.7 Å². The van der Waals surface area contributed by atoms with E-state index in [9.17, 15) is 19.8 Å². The van der Waals surface area contributed by atoms with E-state index in [0.29, 0.717) is 49.2 Å². The molecule has 140 valence electrons. The van der Waals surface area contributed by atoms with Gasteiger partial charge >= 0.3 is 0 Å². The maximum absolute atomic E-state index is 12.3. The van der Waals surface area contributed by atoms with Crippen LogP contribution >= 0.6 is 0 Å². The fraction of sp³-hybridized carbons (Fsp3) is 0.905. The third kappa shape index (κ3) is 2.13. The van der Waals surface area contributed by atoms with Crippen LogP contribution in [0.2, 0.25) is 0 Å². The molecule has 0 aromatic rings. The number of ketones is 2. The Morgan fingerprint density at radius 3 is 2.56 bits per heavy atom. The first-order valence-electron chi connectivity index (χ1n) is 10.1. The van der Waals surface area contributed by atoms with E-state index >= 15 is 0 Å². The fourth-order valence-corrected chi connectivity index (χ4v) is 7.75. The lowest BCUT2D eigenvalue weighted by molar-refractivity contribution is -0.197. The van der Waals surface area contributed by atoms with Gasteiger partial charge in [-0.05, 0) is 74.5 Å². The Balaban J connectivity index is 1.71. The summed E-state index contributed by atoms with van der Waals surface area (Å²) in [5.74, 6) is 1.48. The highest BCUT2D eigenvalue weighted by molar-refractivity contribution is 5.86. The van der Waals surface area contributed by atoms with Crippen molar-refractivity contribution in [1.29, 1.82) is 0 Å². The molecule has 25 heavy (non-hydrogen) atoms. The van der Waals surface area contributed by atoms with Crippen molar-refractivity contribution >= 4 is 11.6 Å². The van der Waals surface area contributed by atoms with Crippen molar-refractivity contribution in [1.82, 2.24) is 0 Å². The first kappa shape index (κ1) is 17.7. The fourth-order valence-electron chi connectivity index (χ4n) is 7.75. The first-order chi connectivity index (χ1) is 11.6. The van der Waals surface area contributed by atoms with Gasteiger partial charge in [-0.25, -0.2) is 0 Å². The van der Waals surface area contributed by atoms with Crippen LogP contribution < -0.4 is 0 Å². The standard InChI is InChI=1S/C21H32O4/c1-12(22)21(25)9-7-16-15-5-4-13-10-14(23)6-8-19(13,2)18(15)17(24)11-20(16,21)3/h13,15-18,24-25H,4-11H2,1-3H3/t13?,15-,16-,17?,18+,19-,20-,21-/m0/s1. The van der Waals surface area contributed by atoms with Gasteiger partial charge in [0.1, 0.15) is 11.4 Å². The molecule has 4 rings (SSSR count). The average Bonchev–Trinajstić information content (AvgIpc) is 2.80. The summed E-state index contributed by atoms with van der Waals surface area (Å²) in [5.41, 5.74) is -1.79. The van der Waals surface area contributed by atoms with Gasteiger partial charge in [0.25, 0.3) is 0 Å². The van der Waals surface area contributed by atoms with Gasteiger partial charge in [-0.15, -0.1) is 0 Å². The van der Waals surface area contributed by atoms with E-state index in [1.165, 1.54) is 6.92 Å². The van der Waals surface area contributed by atoms with Crippen LogP contribution in [-0.2, 0) is 9.59 Å². The lowest BCUT2D eigenvalue weighted by Crippen LogP contribution is -2.62. The number of hydrogen-bond acceptors (Lipinski definition) is 4. The highest BCUT2D eigenvalue weighted by atomic mass is 16.3. The summed E-state index contributed by atoms with van der Waals surface area (Å²) >= 11 is 0. The Kier molecular flexibility index (Phi) is 3.81. The zero-order valence-corrected chi connectivity index (χ0v) is 15.8. The van der Waals surface area contributed by atoms with Crippen LogP contribution in [-0.4, -0.2) is 33.5 Å². The number of fused-ring (bicyclic) bond motifs is 5. The third-order valence-electron chi connectivity index (χ3n) is 9.15. The van der Waals surface area contributed by atoms with Crippen LogP contribution in [0.3, 0.4) is 0 Å². The van der Waals surface area contributed by atoms with Crippen LogP contribution in [0.5, 0.6) is 0 Å². The van der Waals surface area contributed by atoms with Crippen LogP contribution in [0.1, 0.15) is 72.1 Å². The van der Waals surface area contributed by atoms with E-state index in [1.807, 2.05) is 6.92 Å². The van der Waals surface area contributed by atoms with E-state index in [2.05, 4.69) is 6.92 Å². The van der Waals surface area contributed by atoms with Gasteiger partial charge in [0.05, 0.1) is 6.10 Å². The Morgan fingerprint density at radius 1 is 1.16 bits per heavy atom. The molecule has 8 atom stereocenters. The largest absolute Gasteiger partial charge is 0.393 e. The predicted octanol–water partition coefficient (Wildman–Crippen LogP) is 2.89. The summed E-state index contributed by atoms with van der Waals surface area (Å²) in [6, 6.07) is 0. The van der Waals surface area contributed by atoms with Crippen molar-refractivity contribution in [2.75, 3.05) is 0 Å².